The van der Waals surface area contributed by atoms with Gasteiger partial charge in [0.05, 0.1) is 22.1 Å². The van der Waals surface area contributed by atoms with Crippen LogP contribution in [0.25, 0.3) is 121 Å². The molecule has 18 rings (SSSR count). The van der Waals surface area contributed by atoms with E-state index in [4.69, 9.17) is 8.22 Å². The Morgan fingerprint density at radius 2 is 0.574 bits per heavy atom. The Morgan fingerprint density at radius 3 is 1.05 bits per heavy atom. The molecule has 0 amide bonds. The summed E-state index contributed by atoms with van der Waals surface area (Å²) in [5.41, 5.74) is 26.2. The normalized spacial score (nSPS) is 11.9. The minimum atomic E-state index is -2.26. The van der Waals surface area contributed by atoms with Gasteiger partial charge in [-0.25, -0.2) is 0 Å². The lowest BCUT2D eigenvalue weighted by atomic mass is 9.93. The first kappa shape index (κ1) is 59.9. The van der Waals surface area contributed by atoms with Crippen molar-refractivity contribution in [1.82, 2.24) is 13.7 Å². The molecule has 0 aliphatic heterocycles. The lowest BCUT2D eigenvalue weighted by molar-refractivity contribution is 1.01. The summed E-state index contributed by atoms with van der Waals surface area (Å²) in [4.78, 5) is 0. The molecule has 101 heavy (non-hydrogen) atoms. The van der Waals surface area contributed by atoms with Crippen molar-refractivity contribution in [2.45, 2.75) is 48.3 Å². The number of nitrogens with zero attached hydrogens (tertiary/aromatic N) is 3. The number of hydrogen-bond donors (Lipinski definition) is 0. The summed E-state index contributed by atoms with van der Waals surface area (Å²) >= 11 is 0. The second kappa shape index (κ2) is 31.5. The molecule has 18 aromatic rings. The lowest BCUT2D eigenvalue weighted by Crippen LogP contribution is -1.94. The molecular weight excluding hydrogens is 1220 g/mol. The largest absolute Gasteiger partial charge is 0.344 e. The number of aromatic nitrogens is 3. The van der Waals surface area contributed by atoms with Crippen LogP contribution in [0.4, 0.5) is 0 Å². The van der Waals surface area contributed by atoms with Crippen molar-refractivity contribution in [3.05, 3.63) is 409 Å². The minimum absolute atomic E-state index is 0.108. The Labute approximate surface area is 604 Å². The van der Waals surface area contributed by atoms with Crippen molar-refractivity contribution in [1.29, 1.82) is 0 Å². The Balaban J connectivity index is 0.000000114. The van der Waals surface area contributed by atoms with Gasteiger partial charge in [0, 0.05) is 70.0 Å². The molecule has 0 spiro atoms. The van der Waals surface area contributed by atoms with Crippen LogP contribution in [0.2, 0.25) is 0 Å². The van der Waals surface area contributed by atoms with Gasteiger partial charge in [0.1, 0.15) is 0 Å². The second-order valence-corrected chi connectivity index (χ2v) is 25.5. The Bertz CT molecular complexity index is 5810. The predicted octanol–water partition coefficient (Wildman–Crippen LogP) is 26.8. The summed E-state index contributed by atoms with van der Waals surface area (Å²) < 4.78 is 50.5. The average molecular weight is 1310 g/mol. The molecular formula is C98H85N3. The molecule has 0 N–H and O–H groups in total. The molecule has 492 valence electrons. The van der Waals surface area contributed by atoms with Crippen molar-refractivity contribution in [3.8, 4) is 55.9 Å². The van der Waals surface area contributed by atoms with E-state index in [1.165, 1.54) is 169 Å². The lowest BCUT2D eigenvalue weighted by Gasteiger charge is -2.11. The molecule has 3 aromatic heterocycles. The van der Waals surface area contributed by atoms with E-state index in [0.29, 0.717) is 5.56 Å². The summed E-state index contributed by atoms with van der Waals surface area (Å²) in [5.74, 6) is 0. The molecule has 0 aliphatic carbocycles. The van der Waals surface area contributed by atoms with Gasteiger partial charge < -0.3 is 13.7 Å². The molecule has 3 heterocycles. The van der Waals surface area contributed by atoms with E-state index in [1.54, 1.807) is 0 Å². The molecule has 15 aromatic carbocycles. The maximum Gasteiger partial charge on any atom is 0.0570 e. The minimum Gasteiger partial charge on any atom is -0.344 e. The van der Waals surface area contributed by atoms with Crippen LogP contribution in [0.3, 0.4) is 0 Å². The monoisotopic (exact) mass is 1310 g/mol. The van der Waals surface area contributed by atoms with E-state index >= 15 is 0 Å². The SMILES string of the molecule is Cc1c(-c2ccccc2)cccc1-c1ccccc1.Cc1cc(-c2ccccc2)cc(-c2ccccc2)c1.Cc1ccc2c(c1)c1ccccc1n2-c1ccccc1.Cc1cccc2c3ccccc3n(-c3ccccc3)c12.Cn1c2ccccc2c2ccccc21.[2H]C([2H])([2H])c1cccc(C([2H])([2H])[2H])c1C. The van der Waals surface area contributed by atoms with Crippen molar-refractivity contribution in [2.75, 3.05) is 0 Å². The Kier molecular flexibility index (Phi) is 18.7. The second-order valence-electron chi connectivity index (χ2n) is 25.5. The highest BCUT2D eigenvalue weighted by atomic mass is 15.0. The van der Waals surface area contributed by atoms with Crippen molar-refractivity contribution in [2.24, 2.45) is 7.05 Å². The predicted molar refractivity (Wildman–Crippen MR) is 436 cm³/mol. The van der Waals surface area contributed by atoms with E-state index < -0.39 is 13.7 Å². The van der Waals surface area contributed by atoms with Crippen LogP contribution in [0, 0.1) is 48.3 Å². The third-order valence-electron chi connectivity index (χ3n) is 18.7. The van der Waals surface area contributed by atoms with Gasteiger partial charge in [-0.2, -0.15) is 0 Å². The first-order chi connectivity index (χ1) is 51.9. The Hall–Kier alpha value is -12.3. The molecule has 0 saturated heterocycles. The third kappa shape index (κ3) is 15.1. The van der Waals surface area contributed by atoms with E-state index in [9.17, 15) is 0 Å². The fourth-order valence-electron chi connectivity index (χ4n) is 13.6. The van der Waals surface area contributed by atoms with Gasteiger partial charge in [-0.1, -0.05) is 309 Å². The summed E-state index contributed by atoms with van der Waals surface area (Å²) in [6, 6.07) is 128. The first-order valence-corrected chi connectivity index (χ1v) is 34.5. The smallest absolute Gasteiger partial charge is 0.0570 e. The first-order valence-electron chi connectivity index (χ1n) is 37.5. The van der Waals surface area contributed by atoms with E-state index in [1.807, 2.05) is 0 Å². The van der Waals surface area contributed by atoms with Crippen LogP contribution in [0.15, 0.2) is 370 Å². The van der Waals surface area contributed by atoms with Crippen LogP contribution in [0.1, 0.15) is 47.2 Å². The van der Waals surface area contributed by atoms with E-state index in [-0.39, 0.29) is 11.1 Å². The van der Waals surface area contributed by atoms with Crippen LogP contribution in [0.5, 0.6) is 0 Å². The molecule has 0 radical (unpaired) electrons. The number of benzene rings is 15. The maximum atomic E-state index is 7.26. The summed E-state index contributed by atoms with van der Waals surface area (Å²) in [7, 11) is 2.12. The summed E-state index contributed by atoms with van der Waals surface area (Å²) in [5, 5.41) is 7.95. The Morgan fingerprint density at radius 1 is 0.228 bits per heavy atom. The average Bonchev–Trinajstić information content (AvgIpc) is 1.61. The van der Waals surface area contributed by atoms with E-state index in [0.717, 1.165) is 0 Å². The van der Waals surface area contributed by atoms with Crippen LogP contribution < -0.4 is 0 Å². The highest BCUT2D eigenvalue weighted by molar-refractivity contribution is 6.11. The zero-order valence-electron chi connectivity index (χ0n) is 64.1. The topological polar surface area (TPSA) is 14.8 Å². The van der Waals surface area contributed by atoms with Crippen LogP contribution >= 0.6 is 0 Å². The number of hydrogen-bond acceptors (Lipinski definition) is 0. The molecule has 0 unspecified atom stereocenters. The summed E-state index contributed by atoms with van der Waals surface area (Å²) in [6.07, 6.45) is 0. The van der Waals surface area contributed by atoms with E-state index in [2.05, 4.69) is 400 Å². The van der Waals surface area contributed by atoms with Crippen molar-refractivity contribution >= 4 is 65.4 Å². The van der Waals surface area contributed by atoms with Crippen molar-refractivity contribution < 1.29 is 8.22 Å². The third-order valence-corrected chi connectivity index (χ3v) is 18.7. The fourth-order valence-corrected chi connectivity index (χ4v) is 13.6. The number of fused-ring (bicyclic) bond motifs is 9. The summed E-state index contributed by atoms with van der Waals surface area (Å²) in [6.45, 7) is 5.69. The van der Waals surface area contributed by atoms with Crippen LogP contribution in [-0.4, -0.2) is 13.7 Å². The van der Waals surface area contributed by atoms with Gasteiger partial charge in [0.2, 0.25) is 0 Å². The maximum absolute atomic E-state index is 7.26. The molecule has 0 aliphatic rings. The van der Waals surface area contributed by atoms with Crippen LogP contribution in [-0.2, 0) is 7.05 Å². The highest BCUT2D eigenvalue weighted by Crippen LogP contribution is 2.37. The molecule has 3 heteroatoms. The van der Waals surface area contributed by atoms with Gasteiger partial charge in [-0.3, -0.25) is 0 Å². The standard InChI is InChI=1S/2C19H15N.2C19H16.C13H11N.C9H12/c1-14-8-7-12-17-16-11-5-6-13-18(16)20(19(14)17)15-9-3-2-4-10-15;1-14-11-12-19-17(13-14)16-9-5-6-10-18(16)20(19)15-7-3-2-4-8-15;1-15-18(16-9-4-2-5-10-16)13-8-14-19(15)17-11-6-3-7-12-17;1-15-12-18(16-8-4-2-5-9-16)14-19(13-15)17-10-6-3-7-11-17;1-14-12-8-4-2-6-10(12)11-7-3-5-9-13(11)14;1-7-5-4-6-8(2)9(7)3/h2*2-13H,1H3;2*2-14H,1H3;2-9H,1H3;4-6H,1-3H3/i;;;;;1D3,2D3. The van der Waals surface area contributed by atoms with Gasteiger partial charge in [-0.15, -0.1) is 0 Å². The van der Waals surface area contributed by atoms with Crippen molar-refractivity contribution in [3.63, 3.8) is 0 Å². The molecule has 0 fully saturated rings. The molecule has 0 saturated carbocycles. The molecule has 0 bridgehead atoms. The van der Waals surface area contributed by atoms with Gasteiger partial charge in [-0.05, 0) is 193 Å². The quantitative estimate of drug-likeness (QED) is 0.158. The molecule has 3 nitrogen and oxygen atoms in total. The fraction of sp³-hybridized carbons (Fsp3) is 0.0816. The number of para-hydroxylation sites is 7. The molecule has 0 atom stereocenters. The highest BCUT2D eigenvalue weighted by Gasteiger charge is 2.15. The number of rotatable bonds is 6. The van der Waals surface area contributed by atoms with Gasteiger partial charge >= 0.3 is 0 Å². The van der Waals surface area contributed by atoms with Gasteiger partial charge in [0.15, 0.2) is 0 Å². The number of aryl methyl sites for hydroxylation is 6. The zero-order valence-corrected chi connectivity index (χ0v) is 58.1. The zero-order chi connectivity index (χ0) is 74.6. The van der Waals surface area contributed by atoms with Gasteiger partial charge in [0.25, 0.3) is 0 Å².